The van der Waals surface area contributed by atoms with Crippen LogP contribution in [0.5, 0.6) is 0 Å². The average molecular weight is 436 g/mol. The number of carbonyl (C=O) groups is 1. The lowest BCUT2D eigenvalue weighted by atomic mass is 9.99. The molecule has 1 aliphatic rings. The maximum atomic E-state index is 12.4. The van der Waals surface area contributed by atoms with Crippen molar-refractivity contribution in [3.05, 3.63) is 27.8 Å². The standard InChI is InChI=1S/C15H21IN2O3S/c1-12-7-9-17(10-8-12)15(19)11-18(22(2,20)21)14-5-3-13(16)4-6-14/h3-6,12H,7-11H2,1-2H3. The van der Waals surface area contributed by atoms with Gasteiger partial charge in [0.2, 0.25) is 15.9 Å². The van der Waals surface area contributed by atoms with Gasteiger partial charge in [0, 0.05) is 16.7 Å². The van der Waals surface area contributed by atoms with Crippen molar-refractivity contribution in [3.8, 4) is 0 Å². The van der Waals surface area contributed by atoms with Gasteiger partial charge in [0.05, 0.1) is 11.9 Å². The third kappa shape index (κ3) is 4.58. The fourth-order valence-corrected chi connectivity index (χ4v) is 3.70. The molecule has 1 heterocycles. The Morgan fingerprint density at radius 2 is 1.82 bits per heavy atom. The molecule has 0 aliphatic carbocycles. The van der Waals surface area contributed by atoms with E-state index in [1.807, 2.05) is 12.1 Å². The molecular weight excluding hydrogens is 415 g/mol. The summed E-state index contributed by atoms with van der Waals surface area (Å²) in [5.41, 5.74) is 0.529. The molecule has 5 nitrogen and oxygen atoms in total. The Morgan fingerprint density at radius 1 is 1.27 bits per heavy atom. The summed E-state index contributed by atoms with van der Waals surface area (Å²) < 4.78 is 26.3. The van der Waals surface area contributed by atoms with Crippen LogP contribution in [0.1, 0.15) is 19.8 Å². The SMILES string of the molecule is CC1CCN(C(=O)CN(c2ccc(I)cc2)S(C)(=O)=O)CC1. The molecule has 2 rings (SSSR count). The molecule has 1 amide bonds. The van der Waals surface area contributed by atoms with E-state index in [1.165, 1.54) is 4.31 Å². The van der Waals surface area contributed by atoms with Gasteiger partial charge in [-0.2, -0.15) is 0 Å². The summed E-state index contributed by atoms with van der Waals surface area (Å²) in [6.07, 6.45) is 3.10. The quantitative estimate of drug-likeness (QED) is 0.681. The van der Waals surface area contributed by atoms with Gasteiger partial charge < -0.3 is 4.90 Å². The van der Waals surface area contributed by atoms with E-state index in [0.717, 1.165) is 22.7 Å². The largest absolute Gasteiger partial charge is 0.341 e. The molecule has 0 saturated carbocycles. The Balaban J connectivity index is 2.14. The van der Waals surface area contributed by atoms with Crippen molar-refractivity contribution in [1.29, 1.82) is 0 Å². The molecule has 0 N–H and O–H groups in total. The summed E-state index contributed by atoms with van der Waals surface area (Å²) in [6.45, 7) is 3.47. The monoisotopic (exact) mass is 436 g/mol. The number of benzene rings is 1. The second-order valence-electron chi connectivity index (χ2n) is 5.81. The molecular formula is C15H21IN2O3S. The summed E-state index contributed by atoms with van der Waals surface area (Å²) in [5.74, 6) is 0.502. The van der Waals surface area contributed by atoms with Crippen molar-refractivity contribution < 1.29 is 13.2 Å². The van der Waals surface area contributed by atoms with E-state index in [4.69, 9.17) is 0 Å². The van der Waals surface area contributed by atoms with Crippen molar-refractivity contribution in [1.82, 2.24) is 4.90 Å². The first-order valence-electron chi connectivity index (χ1n) is 7.28. The van der Waals surface area contributed by atoms with Gasteiger partial charge in [0.1, 0.15) is 6.54 Å². The number of carbonyl (C=O) groups excluding carboxylic acids is 1. The maximum absolute atomic E-state index is 12.4. The molecule has 0 unspecified atom stereocenters. The lowest BCUT2D eigenvalue weighted by Crippen LogP contribution is -2.45. The Morgan fingerprint density at radius 3 is 2.32 bits per heavy atom. The lowest BCUT2D eigenvalue weighted by molar-refractivity contribution is -0.130. The highest BCUT2D eigenvalue weighted by atomic mass is 127. The fraction of sp³-hybridized carbons (Fsp3) is 0.533. The van der Waals surface area contributed by atoms with E-state index in [9.17, 15) is 13.2 Å². The fourth-order valence-electron chi connectivity index (χ4n) is 2.49. The van der Waals surface area contributed by atoms with Crippen LogP contribution >= 0.6 is 22.6 Å². The molecule has 22 heavy (non-hydrogen) atoms. The highest BCUT2D eigenvalue weighted by Gasteiger charge is 2.26. The molecule has 1 fully saturated rings. The number of amides is 1. The molecule has 122 valence electrons. The van der Waals surface area contributed by atoms with Crippen molar-refractivity contribution in [2.75, 3.05) is 30.2 Å². The van der Waals surface area contributed by atoms with E-state index in [1.54, 1.807) is 17.0 Å². The summed E-state index contributed by atoms with van der Waals surface area (Å²) in [4.78, 5) is 14.2. The average Bonchev–Trinajstić information content (AvgIpc) is 2.45. The zero-order chi connectivity index (χ0) is 16.3. The molecule has 0 aromatic heterocycles. The number of nitrogens with zero attached hydrogens (tertiary/aromatic N) is 2. The van der Waals surface area contributed by atoms with Gasteiger partial charge in [-0.05, 0) is 65.6 Å². The summed E-state index contributed by atoms with van der Waals surface area (Å²) >= 11 is 2.16. The second-order valence-corrected chi connectivity index (χ2v) is 8.96. The highest BCUT2D eigenvalue weighted by molar-refractivity contribution is 14.1. The van der Waals surface area contributed by atoms with Crippen LogP contribution in [0.4, 0.5) is 5.69 Å². The summed E-state index contributed by atoms with van der Waals surface area (Å²) in [5, 5.41) is 0. The van der Waals surface area contributed by atoms with Gasteiger partial charge in [0.25, 0.3) is 0 Å². The van der Waals surface area contributed by atoms with Gasteiger partial charge in [-0.15, -0.1) is 0 Å². The highest BCUT2D eigenvalue weighted by Crippen LogP contribution is 2.21. The molecule has 1 aromatic rings. The number of likely N-dealkylation sites (tertiary alicyclic amines) is 1. The van der Waals surface area contributed by atoms with Gasteiger partial charge in [-0.1, -0.05) is 6.92 Å². The van der Waals surface area contributed by atoms with Crippen LogP contribution < -0.4 is 4.31 Å². The Hall–Kier alpha value is -0.830. The molecule has 1 saturated heterocycles. The predicted octanol–water partition coefficient (Wildman–Crippen LogP) is 2.32. The number of hydrogen-bond acceptors (Lipinski definition) is 3. The topological polar surface area (TPSA) is 57.7 Å². The summed E-state index contributed by atoms with van der Waals surface area (Å²) in [7, 11) is -3.49. The third-order valence-electron chi connectivity index (χ3n) is 3.93. The zero-order valence-corrected chi connectivity index (χ0v) is 15.8. The molecule has 0 spiro atoms. The molecule has 1 aromatic carbocycles. The minimum atomic E-state index is -3.49. The minimum absolute atomic E-state index is 0.129. The molecule has 7 heteroatoms. The Kier molecular flexibility index (Phi) is 5.70. The number of hydrogen-bond donors (Lipinski definition) is 0. The minimum Gasteiger partial charge on any atom is -0.341 e. The summed E-state index contributed by atoms with van der Waals surface area (Å²) in [6, 6.07) is 7.13. The van der Waals surface area contributed by atoms with Crippen molar-refractivity contribution in [2.45, 2.75) is 19.8 Å². The number of anilines is 1. The van der Waals surface area contributed by atoms with Crippen molar-refractivity contribution in [3.63, 3.8) is 0 Å². The molecule has 0 atom stereocenters. The predicted molar refractivity (Wildman–Crippen MR) is 96.3 cm³/mol. The van der Waals surface area contributed by atoms with E-state index >= 15 is 0 Å². The van der Waals surface area contributed by atoms with Crippen LogP contribution in [-0.2, 0) is 14.8 Å². The van der Waals surface area contributed by atoms with Gasteiger partial charge >= 0.3 is 0 Å². The van der Waals surface area contributed by atoms with Crippen molar-refractivity contribution in [2.24, 2.45) is 5.92 Å². The first-order valence-corrected chi connectivity index (χ1v) is 10.2. The van der Waals surface area contributed by atoms with E-state index in [0.29, 0.717) is 24.7 Å². The Labute approximate surface area is 145 Å². The van der Waals surface area contributed by atoms with E-state index < -0.39 is 10.0 Å². The number of piperidine rings is 1. The van der Waals surface area contributed by atoms with Crippen LogP contribution in [0.3, 0.4) is 0 Å². The van der Waals surface area contributed by atoms with Crippen LogP contribution in [0, 0.1) is 9.49 Å². The normalized spacial score (nSPS) is 16.6. The number of halogens is 1. The smallest absolute Gasteiger partial charge is 0.243 e. The Bertz CT molecular complexity index is 623. The number of sulfonamides is 1. The first-order chi connectivity index (χ1) is 10.3. The number of rotatable bonds is 4. The van der Waals surface area contributed by atoms with E-state index in [2.05, 4.69) is 29.5 Å². The van der Waals surface area contributed by atoms with Crippen LogP contribution in [-0.4, -0.2) is 45.1 Å². The molecule has 0 bridgehead atoms. The van der Waals surface area contributed by atoms with Gasteiger partial charge in [0.15, 0.2) is 0 Å². The van der Waals surface area contributed by atoms with Crippen LogP contribution in [0.2, 0.25) is 0 Å². The zero-order valence-electron chi connectivity index (χ0n) is 12.8. The maximum Gasteiger partial charge on any atom is 0.243 e. The van der Waals surface area contributed by atoms with Crippen molar-refractivity contribution >= 4 is 44.2 Å². The van der Waals surface area contributed by atoms with Crippen LogP contribution in [0.25, 0.3) is 0 Å². The van der Waals surface area contributed by atoms with Gasteiger partial charge in [-0.25, -0.2) is 8.42 Å². The molecule has 1 aliphatic heterocycles. The van der Waals surface area contributed by atoms with E-state index in [-0.39, 0.29) is 12.5 Å². The third-order valence-corrected chi connectivity index (χ3v) is 5.79. The van der Waals surface area contributed by atoms with Crippen LogP contribution in [0.15, 0.2) is 24.3 Å². The molecule has 0 radical (unpaired) electrons. The van der Waals surface area contributed by atoms with Gasteiger partial charge in [-0.3, -0.25) is 9.10 Å². The second kappa shape index (κ2) is 7.16. The first kappa shape index (κ1) is 17.5. The lowest BCUT2D eigenvalue weighted by Gasteiger charge is -2.32.